The number of rotatable bonds is 4. The fraction of sp³-hybridized carbons (Fsp3) is 0.176. The van der Waals surface area contributed by atoms with E-state index in [-0.39, 0.29) is 12.1 Å². The number of carbonyl (C=O) groups is 2. The van der Waals surface area contributed by atoms with E-state index in [2.05, 4.69) is 10.6 Å². The number of carboxylic acids is 1. The quantitative estimate of drug-likeness (QED) is 0.768. The third-order valence-corrected chi connectivity index (χ3v) is 3.38. The molecule has 25 heavy (non-hydrogen) atoms. The van der Waals surface area contributed by atoms with Gasteiger partial charge in [-0.05, 0) is 36.2 Å². The van der Waals surface area contributed by atoms with Crippen molar-refractivity contribution < 1.29 is 27.9 Å². The summed E-state index contributed by atoms with van der Waals surface area (Å²) in [7, 11) is 0. The first kappa shape index (κ1) is 18.3. The maximum Gasteiger partial charge on any atom is 0.418 e. The Kier molecular flexibility index (Phi) is 5.31. The van der Waals surface area contributed by atoms with Gasteiger partial charge in [0.1, 0.15) is 0 Å². The zero-order valence-corrected chi connectivity index (χ0v) is 13.1. The van der Waals surface area contributed by atoms with Crippen molar-refractivity contribution in [2.24, 2.45) is 0 Å². The van der Waals surface area contributed by atoms with Crippen molar-refractivity contribution in [2.75, 3.05) is 10.6 Å². The predicted octanol–water partition coefficient (Wildman–Crippen LogP) is 4.28. The summed E-state index contributed by atoms with van der Waals surface area (Å²) in [6.45, 7) is 1.66. The molecular formula is C17H15F3N2O3. The molecule has 5 nitrogen and oxygen atoms in total. The first-order chi connectivity index (χ1) is 11.7. The highest BCUT2D eigenvalue weighted by Crippen LogP contribution is 2.34. The van der Waals surface area contributed by atoms with Gasteiger partial charge < -0.3 is 15.7 Å². The maximum atomic E-state index is 12.9. The standard InChI is InChI=1S/C17H15F3N2O3/c1-10-8-11(9-15(23)24)6-7-13(10)21-16(25)22-14-5-3-2-4-12(14)17(18,19)20/h2-8H,9H2,1H3,(H,23,24)(H2,21,22,25). The van der Waals surface area contributed by atoms with Crippen molar-refractivity contribution in [2.45, 2.75) is 19.5 Å². The summed E-state index contributed by atoms with van der Waals surface area (Å²) in [6, 6.07) is 8.45. The Hall–Kier alpha value is -3.03. The molecule has 0 atom stereocenters. The number of nitrogens with one attached hydrogen (secondary N) is 2. The van der Waals surface area contributed by atoms with Gasteiger partial charge in [-0.15, -0.1) is 0 Å². The minimum atomic E-state index is -4.59. The van der Waals surface area contributed by atoms with Gasteiger partial charge in [-0.2, -0.15) is 13.2 Å². The van der Waals surface area contributed by atoms with Gasteiger partial charge in [0.15, 0.2) is 0 Å². The van der Waals surface area contributed by atoms with E-state index >= 15 is 0 Å². The Morgan fingerprint density at radius 2 is 1.68 bits per heavy atom. The number of carboxylic acid groups (broad SMARTS) is 1. The molecule has 2 rings (SSSR count). The van der Waals surface area contributed by atoms with Crippen LogP contribution in [0.25, 0.3) is 0 Å². The molecule has 0 aliphatic carbocycles. The van der Waals surface area contributed by atoms with Crippen molar-refractivity contribution in [1.82, 2.24) is 0 Å². The van der Waals surface area contributed by atoms with Gasteiger partial charge in [-0.25, -0.2) is 4.79 Å². The molecule has 3 N–H and O–H groups in total. The zero-order valence-electron chi connectivity index (χ0n) is 13.1. The molecule has 0 saturated carbocycles. The third kappa shape index (κ3) is 4.97. The number of hydrogen-bond acceptors (Lipinski definition) is 2. The number of amides is 2. The van der Waals surface area contributed by atoms with Gasteiger partial charge >= 0.3 is 18.2 Å². The summed E-state index contributed by atoms with van der Waals surface area (Å²) in [5, 5.41) is 13.4. The van der Waals surface area contributed by atoms with Crippen LogP contribution in [-0.4, -0.2) is 17.1 Å². The Labute approximate surface area is 141 Å². The van der Waals surface area contributed by atoms with Crippen LogP contribution in [0, 0.1) is 6.92 Å². The molecule has 2 amide bonds. The van der Waals surface area contributed by atoms with Crippen molar-refractivity contribution in [3.63, 3.8) is 0 Å². The van der Waals surface area contributed by atoms with E-state index < -0.39 is 23.7 Å². The minimum Gasteiger partial charge on any atom is -0.481 e. The number of alkyl halides is 3. The summed E-state index contributed by atoms with van der Waals surface area (Å²) < 4.78 is 38.8. The molecule has 0 radical (unpaired) electrons. The highest BCUT2D eigenvalue weighted by molar-refractivity contribution is 6.00. The molecule has 8 heteroatoms. The molecule has 0 aromatic heterocycles. The Bertz CT molecular complexity index is 804. The fourth-order valence-corrected chi connectivity index (χ4v) is 2.27. The highest BCUT2D eigenvalue weighted by atomic mass is 19.4. The zero-order chi connectivity index (χ0) is 18.6. The van der Waals surface area contributed by atoms with Crippen molar-refractivity contribution in [1.29, 1.82) is 0 Å². The van der Waals surface area contributed by atoms with E-state index in [4.69, 9.17) is 5.11 Å². The van der Waals surface area contributed by atoms with Crippen LogP contribution in [0.15, 0.2) is 42.5 Å². The number of carbonyl (C=O) groups excluding carboxylic acids is 1. The molecule has 0 saturated heterocycles. The first-order valence-electron chi connectivity index (χ1n) is 7.22. The van der Waals surface area contributed by atoms with Crippen LogP contribution in [-0.2, 0) is 17.4 Å². The number of aliphatic carboxylic acids is 1. The molecule has 0 aliphatic heterocycles. The lowest BCUT2D eigenvalue weighted by Gasteiger charge is -2.15. The molecule has 132 valence electrons. The van der Waals surface area contributed by atoms with Crippen LogP contribution in [0.5, 0.6) is 0 Å². The molecule has 0 heterocycles. The largest absolute Gasteiger partial charge is 0.481 e. The molecule has 0 aliphatic rings. The SMILES string of the molecule is Cc1cc(CC(=O)O)ccc1NC(=O)Nc1ccccc1C(F)(F)F. The van der Waals surface area contributed by atoms with E-state index in [1.807, 2.05) is 0 Å². The topological polar surface area (TPSA) is 78.4 Å². The maximum absolute atomic E-state index is 12.9. The third-order valence-electron chi connectivity index (χ3n) is 3.38. The number of hydrogen-bond donors (Lipinski definition) is 3. The lowest BCUT2D eigenvalue weighted by atomic mass is 10.1. The fourth-order valence-electron chi connectivity index (χ4n) is 2.27. The van der Waals surface area contributed by atoms with Crippen LogP contribution in [0.2, 0.25) is 0 Å². The normalized spacial score (nSPS) is 11.0. The van der Waals surface area contributed by atoms with Gasteiger partial charge in [-0.1, -0.05) is 24.3 Å². The Morgan fingerprint density at radius 1 is 1.04 bits per heavy atom. The number of urea groups is 1. The van der Waals surface area contributed by atoms with Gasteiger partial charge in [0.25, 0.3) is 0 Å². The summed E-state index contributed by atoms with van der Waals surface area (Å²) in [6.07, 6.45) is -4.75. The second-order valence-electron chi connectivity index (χ2n) is 5.34. The Balaban J connectivity index is 2.13. The first-order valence-corrected chi connectivity index (χ1v) is 7.22. The van der Waals surface area contributed by atoms with E-state index in [0.717, 1.165) is 12.1 Å². The van der Waals surface area contributed by atoms with Crippen molar-refractivity contribution >= 4 is 23.4 Å². The molecule has 0 spiro atoms. The van der Waals surface area contributed by atoms with E-state index in [9.17, 15) is 22.8 Å². The van der Waals surface area contributed by atoms with Gasteiger partial charge in [0, 0.05) is 5.69 Å². The number of halogens is 3. The number of aryl methyl sites for hydroxylation is 1. The van der Waals surface area contributed by atoms with Gasteiger partial charge in [-0.3, -0.25) is 4.79 Å². The van der Waals surface area contributed by atoms with Crippen LogP contribution in [0.4, 0.5) is 29.3 Å². The predicted molar refractivity (Wildman–Crippen MR) is 86.6 cm³/mol. The molecule has 0 unspecified atom stereocenters. The van der Waals surface area contributed by atoms with E-state index in [1.54, 1.807) is 13.0 Å². The second kappa shape index (κ2) is 7.25. The number of anilines is 2. The lowest BCUT2D eigenvalue weighted by molar-refractivity contribution is -0.137. The van der Waals surface area contributed by atoms with Crippen LogP contribution < -0.4 is 10.6 Å². The van der Waals surface area contributed by atoms with Gasteiger partial charge in [0.05, 0.1) is 17.7 Å². The average molecular weight is 352 g/mol. The van der Waals surface area contributed by atoms with E-state index in [1.165, 1.54) is 24.3 Å². The molecular weight excluding hydrogens is 337 g/mol. The monoisotopic (exact) mass is 352 g/mol. The number of para-hydroxylation sites is 1. The summed E-state index contributed by atoms with van der Waals surface area (Å²) in [5.41, 5.74) is 0.221. The average Bonchev–Trinajstić information content (AvgIpc) is 2.49. The van der Waals surface area contributed by atoms with Crippen LogP contribution in [0.1, 0.15) is 16.7 Å². The molecule has 2 aromatic rings. The molecule has 2 aromatic carbocycles. The number of benzene rings is 2. The summed E-state index contributed by atoms with van der Waals surface area (Å²) in [4.78, 5) is 22.7. The van der Waals surface area contributed by atoms with Crippen LogP contribution in [0.3, 0.4) is 0 Å². The minimum absolute atomic E-state index is 0.160. The summed E-state index contributed by atoms with van der Waals surface area (Å²) in [5.74, 6) is -0.985. The Morgan fingerprint density at radius 3 is 2.28 bits per heavy atom. The van der Waals surface area contributed by atoms with Crippen LogP contribution >= 0.6 is 0 Å². The second-order valence-corrected chi connectivity index (χ2v) is 5.34. The van der Waals surface area contributed by atoms with E-state index in [0.29, 0.717) is 16.8 Å². The molecule has 0 fully saturated rings. The summed E-state index contributed by atoms with van der Waals surface area (Å²) >= 11 is 0. The smallest absolute Gasteiger partial charge is 0.418 e. The van der Waals surface area contributed by atoms with Crippen molar-refractivity contribution in [3.8, 4) is 0 Å². The van der Waals surface area contributed by atoms with Gasteiger partial charge in [0.2, 0.25) is 0 Å². The molecule has 0 bridgehead atoms. The van der Waals surface area contributed by atoms with Crippen molar-refractivity contribution in [3.05, 3.63) is 59.2 Å². The lowest BCUT2D eigenvalue weighted by Crippen LogP contribution is -2.22. The highest BCUT2D eigenvalue weighted by Gasteiger charge is 2.33.